The van der Waals surface area contributed by atoms with Crippen LogP contribution in [-0.4, -0.2) is 60.0 Å². The standard InChI is InChI=1S/C23H30O9/c1-12-8-7-9-16(21(26)29-6)11-18(19-13(2)20(25)31-17(19)10-12)32-22(27)23(5,28)14(3)30-15(4)24/h9-10,14,17-19,28H,2,7-8,11H2,1,3-6H3. The van der Waals surface area contributed by atoms with E-state index in [1.165, 1.54) is 14.0 Å². The van der Waals surface area contributed by atoms with Crippen molar-refractivity contribution in [2.45, 2.75) is 70.9 Å². The molecule has 0 saturated carbocycles. The minimum atomic E-state index is -2.18. The van der Waals surface area contributed by atoms with Gasteiger partial charge in [0.1, 0.15) is 18.3 Å². The number of methoxy groups -OCH3 is 1. The molecule has 1 heterocycles. The molecule has 1 saturated heterocycles. The molecular formula is C23H30O9. The molecule has 0 amide bonds. The minimum absolute atomic E-state index is 0.0832. The lowest BCUT2D eigenvalue weighted by Crippen LogP contribution is -2.50. The summed E-state index contributed by atoms with van der Waals surface area (Å²) in [7, 11) is 1.24. The molecule has 9 heteroatoms. The summed E-state index contributed by atoms with van der Waals surface area (Å²) < 4.78 is 20.9. The highest BCUT2D eigenvalue weighted by molar-refractivity contribution is 5.92. The third kappa shape index (κ3) is 5.64. The summed E-state index contributed by atoms with van der Waals surface area (Å²) in [5, 5.41) is 10.7. The van der Waals surface area contributed by atoms with E-state index in [4.69, 9.17) is 18.9 Å². The Hall–Kier alpha value is -2.94. The number of carbonyl (C=O) groups is 4. The lowest BCUT2D eigenvalue weighted by Gasteiger charge is -2.32. The normalized spacial score (nSPS) is 26.4. The summed E-state index contributed by atoms with van der Waals surface area (Å²) in [6.45, 7) is 9.32. The van der Waals surface area contributed by atoms with E-state index < -0.39 is 53.7 Å². The number of esters is 4. The predicted octanol–water partition coefficient (Wildman–Crippen LogP) is 1.93. The van der Waals surface area contributed by atoms with Gasteiger partial charge in [-0.2, -0.15) is 0 Å². The zero-order chi connectivity index (χ0) is 24.2. The van der Waals surface area contributed by atoms with Gasteiger partial charge < -0.3 is 24.1 Å². The van der Waals surface area contributed by atoms with Crippen LogP contribution < -0.4 is 0 Å². The van der Waals surface area contributed by atoms with Gasteiger partial charge in [-0.1, -0.05) is 18.2 Å². The smallest absolute Gasteiger partial charge is 0.342 e. The Kier molecular flexibility index (Phi) is 8.01. The maximum absolute atomic E-state index is 12.9. The average Bonchev–Trinajstić information content (AvgIpc) is 2.98. The van der Waals surface area contributed by atoms with E-state index in [1.807, 2.05) is 6.92 Å². The lowest BCUT2D eigenvalue weighted by atomic mass is 9.85. The van der Waals surface area contributed by atoms with E-state index >= 15 is 0 Å². The number of rotatable bonds is 5. The van der Waals surface area contributed by atoms with Crippen LogP contribution >= 0.6 is 0 Å². The van der Waals surface area contributed by atoms with E-state index in [9.17, 15) is 24.3 Å². The third-order valence-electron chi connectivity index (χ3n) is 5.72. The number of aliphatic hydroxyl groups is 1. The molecule has 0 bridgehead atoms. The SMILES string of the molecule is C=C1C(=O)OC2C=C(C)CCC=C(C(=O)OC)CC(OC(=O)C(C)(O)C(C)OC(C)=O)C12. The molecule has 2 rings (SSSR count). The molecule has 0 radical (unpaired) electrons. The van der Waals surface area contributed by atoms with Crippen molar-refractivity contribution >= 4 is 23.9 Å². The summed E-state index contributed by atoms with van der Waals surface area (Å²) in [4.78, 5) is 48.8. The predicted molar refractivity (Wildman–Crippen MR) is 112 cm³/mol. The highest BCUT2D eigenvalue weighted by Gasteiger charge is 2.48. The van der Waals surface area contributed by atoms with Crippen LogP contribution in [0.15, 0.2) is 35.5 Å². The van der Waals surface area contributed by atoms with Crippen LogP contribution in [0.25, 0.3) is 0 Å². The van der Waals surface area contributed by atoms with Crippen molar-refractivity contribution in [3.05, 3.63) is 35.5 Å². The summed E-state index contributed by atoms with van der Waals surface area (Å²) in [5.41, 5.74) is -0.902. The summed E-state index contributed by atoms with van der Waals surface area (Å²) in [6, 6.07) is 0. The van der Waals surface area contributed by atoms with Gasteiger partial charge >= 0.3 is 23.9 Å². The van der Waals surface area contributed by atoms with Crippen molar-refractivity contribution in [2.75, 3.05) is 7.11 Å². The van der Waals surface area contributed by atoms with Crippen molar-refractivity contribution in [3.8, 4) is 0 Å². The monoisotopic (exact) mass is 450 g/mol. The molecule has 176 valence electrons. The minimum Gasteiger partial charge on any atom is -0.466 e. The number of carbonyl (C=O) groups excluding carboxylic acids is 4. The van der Waals surface area contributed by atoms with E-state index in [2.05, 4.69) is 6.58 Å². The maximum Gasteiger partial charge on any atom is 0.342 e. The fourth-order valence-electron chi connectivity index (χ4n) is 3.64. The van der Waals surface area contributed by atoms with Gasteiger partial charge in [-0.3, -0.25) is 4.79 Å². The summed E-state index contributed by atoms with van der Waals surface area (Å²) in [5.74, 6) is -3.77. The van der Waals surface area contributed by atoms with E-state index in [0.29, 0.717) is 12.8 Å². The van der Waals surface area contributed by atoms with Crippen LogP contribution in [0.5, 0.6) is 0 Å². The molecule has 0 spiro atoms. The van der Waals surface area contributed by atoms with Crippen LogP contribution in [0.1, 0.15) is 47.0 Å². The van der Waals surface area contributed by atoms with Crippen molar-refractivity contribution in [1.29, 1.82) is 0 Å². The molecule has 9 nitrogen and oxygen atoms in total. The van der Waals surface area contributed by atoms with Gasteiger partial charge in [0.15, 0.2) is 5.60 Å². The largest absolute Gasteiger partial charge is 0.466 e. The molecule has 0 aromatic rings. The quantitative estimate of drug-likeness (QED) is 0.289. The van der Waals surface area contributed by atoms with Gasteiger partial charge in [0, 0.05) is 24.5 Å². The van der Waals surface area contributed by atoms with Crippen LogP contribution in [-0.2, 0) is 38.1 Å². The van der Waals surface area contributed by atoms with Crippen molar-refractivity contribution < 1.29 is 43.2 Å². The fourth-order valence-corrected chi connectivity index (χ4v) is 3.64. The maximum atomic E-state index is 12.9. The van der Waals surface area contributed by atoms with Crippen LogP contribution in [0.2, 0.25) is 0 Å². The van der Waals surface area contributed by atoms with Gasteiger partial charge in [-0.05, 0) is 39.7 Å². The van der Waals surface area contributed by atoms with E-state index in [-0.39, 0.29) is 17.6 Å². The Labute approximate surface area is 187 Å². The molecule has 5 atom stereocenters. The highest BCUT2D eigenvalue weighted by Crippen LogP contribution is 2.37. The van der Waals surface area contributed by atoms with Gasteiger partial charge in [0.2, 0.25) is 0 Å². The first-order valence-corrected chi connectivity index (χ1v) is 10.3. The van der Waals surface area contributed by atoms with Gasteiger partial charge in [-0.15, -0.1) is 0 Å². The molecular weight excluding hydrogens is 420 g/mol. The third-order valence-corrected chi connectivity index (χ3v) is 5.72. The molecule has 32 heavy (non-hydrogen) atoms. The molecule has 1 aliphatic carbocycles. The van der Waals surface area contributed by atoms with Gasteiger partial charge in [0.25, 0.3) is 0 Å². The second kappa shape index (κ2) is 10.1. The number of ether oxygens (including phenoxy) is 4. The first-order chi connectivity index (χ1) is 14.9. The van der Waals surface area contributed by atoms with Gasteiger partial charge in [0.05, 0.1) is 13.0 Å². The topological polar surface area (TPSA) is 125 Å². The number of hydrogen-bond acceptors (Lipinski definition) is 9. The first kappa shape index (κ1) is 25.3. The molecule has 1 fully saturated rings. The Bertz CT molecular complexity index is 865. The molecule has 1 N–H and O–H groups in total. The second-order valence-corrected chi connectivity index (χ2v) is 8.24. The fraction of sp³-hybridized carbons (Fsp3) is 0.565. The number of fused-ring (bicyclic) bond motifs is 1. The number of allylic oxidation sites excluding steroid dienone is 2. The Morgan fingerprint density at radius 1 is 1.34 bits per heavy atom. The Morgan fingerprint density at radius 2 is 2.00 bits per heavy atom. The van der Waals surface area contributed by atoms with E-state index in [0.717, 1.165) is 19.4 Å². The molecule has 0 aromatic carbocycles. The Balaban J connectivity index is 2.45. The number of hydrogen-bond donors (Lipinski definition) is 1. The zero-order valence-electron chi connectivity index (χ0n) is 19.0. The highest BCUT2D eigenvalue weighted by atomic mass is 16.6. The summed E-state index contributed by atoms with van der Waals surface area (Å²) in [6.07, 6.45) is 1.53. The first-order valence-electron chi connectivity index (χ1n) is 10.3. The van der Waals surface area contributed by atoms with Crippen LogP contribution in [0.4, 0.5) is 0 Å². The average molecular weight is 450 g/mol. The molecule has 2 aliphatic rings. The van der Waals surface area contributed by atoms with Crippen LogP contribution in [0.3, 0.4) is 0 Å². The van der Waals surface area contributed by atoms with Crippen molar-refractivity contribution in [1.82, 2.24) is 0 Å². The molecule has 5 unspecified atom stereocenters. The van der Waals surface area contributed by atoms with Crippen molar-refractivity contribution in [2.24, 2.45) is 5.92 Å². The van der Waals surface area contributed by atoms with E-state index in [1.54, 1.807) is 12.2 Å². The van der Waals surface area contributed by atoms with Crippen molar-refractivity contribution in [3.63, 3.8) is 0 Å². The summed E-state index contributed by atoms with van der Waals surface area (Å²) >= 11 is 0. The molecule has 1 aliphatic heterocycles. The zero-order valence-corrected chi connectivity index (χ0v) is 19.0. The molecule has 0 aromatic heterocycles. The Morgan fingerprint density at radius 3 is 2.59 bits per heavy atom. The lowest BCUT2D eigenvalue weighted by molar-refractivity contribution is -0.188. The second-order valence-electron chi connectivity index (χ2n) is 8.24. The van der Waals surface area contributed by atoms with Crippen LogP contribution in [0, 0.1) is 5.92 Å². The van der Waals surface area contributed by atoms with Gasteiger partial charge in [-0.25, -0.2) is 14.4 Å².